The van der Waals surface area contributed by atoms with Gasteiger partial charge in [0, 0.05) is 0 Å². The molecule has 1 aromatic heterocycles. The standard InChI is InChI=1S/C8H7F5N2O/c1-16-7-5(8(11,12)13)4(6(9)10)3(14)2-15-7/h2,6H,14H2,1H3. The second kappa shape index (κ2) is 4.11. The summed E-state index contributed by atoms with van der Waals surface area (Å²) in [6.07, 6.45) is -7.65. The van der Waals surface area contributed by atoms with Crippen LogP contribution >= 0.6 is 0 Å². The van der Waals surface area contributed by atoms with E-state index >= 15 is 0 Å². The lowest BCUT2D eigenvalue weighted by molar-refractivity contribution is -0.141. The maximum Gasteiger partial charge on any atom is 0.422 e. The van der Waals surface area contributed by atoms with Gasteiger partial charge < -0.3 is 10.5 Å². The van der Waals surface area contributed by atoms with Gasteiger partial charge in [0.05, 0.1) is 24.6 Å². The number of methoxy groups -OCH3 is 1. The van der Waals surface area contributed by atoms with Gasteiger partial charge in [0.2, 0.25) is 5.88 Å². The fourth-order valence-corrected chi connectivity index (χ4v) is 1.19. The van der Waals surface area contributed by atoms with Gasteiger partial charge in [0.25, 0.3) is 6.43 Å². The molecule has 0 amide bonds. The van der Waals surface area contributed by atoms with Gasteiger partial charge in [-0.1, -0.05) is 0 Å². The molecule has 8 heteroatoms. The van der Waals surface area contributed by atoms with Crippen LogP contribution in [0.15, 0.2) is 6.20 Å². The lowest BCUT2D eigenvalue weighted by Crippen LogP contribution is -2.15. The first-order valence-corrected chi connectivity index (χ1v) is 3.96. The minimum Gasteiger partial charge on any atom is -0.481 e. The molecular weight excluding hydrogens is 235 g/mol. The molecule has 1 rings (SSSR count). The van der Waals surface area contributed by atoms with Crippen molar-refractivity contribution in [2.45, 2.75) is 12.6 Å². The van der Waals surface area contributed by atoms with E-state index in [9.17, 15) is 22.0 Å². The summed E-state index contributed by atoms with van der Waals surface area (Å²) in [6.45, 7) is 0. The van der Waals surface area contributed by atoms with Crippen molar-refractivity contribution in [3.8, 4) is 5.88 Å². The van der Waals surface area contributed by atoms with Crippen LogP contribution in [-0.2, 0) is 6.18 Å². The van der Waals surface area contributed by atoms with Crippen molar-refractivity contribution in [1.29, 1.82) is 0 Å². The second-order valence-electron chi connectivity index (χ2n) is 2.81. The predicted octanol–water partition coefficient (Wildman–Crippen LogP) is 2.63. The quantitative estimate of drug-likeness (QED) is 0.811. The maximum absolute atomic E-state index is 12.5. The van der Waals surface area contributed by atoms with E-state index in [-0.39, 0.29) is 0 Å². The van der Waals surface area contributed by atoms with E-state index < -0.39 is 35.3 Å². The van der Waals surface area contributed by atoms with Gasteiger partial charge in [0.1, 0.15) is 5.56 Å². The van der Waals surface area contributed by atoms with Crippen molar-refractivity contribution in [3.63, 3.8) is 0 Å². The molecule has 0 spiro atoms. The lowest BCUT2D eigenvalue weighted by atomic mass is 10.1. The number of halogens is 5. The molecule has 16 heavy (non-hydrogen) atoms. The van der Waals surface area contributed by atoms with E-state index in [0.717, 1.165) is 7.11 Å². The number of ether oxygens (including phenoxy) is 1. The van der Waals surface area contributed by atoms with Crippen LogP contribution in [0, 0.1) is 0 Å². The van der Waals surface area contributed by atoms with Crippen LogP contribution in [0.3, 0.4) is 0 Å². The summed E-state index contributed by atoms with van der Waals surface area (Å²) in [7, 11) is 0.906. The third kappa shape index (κ3) is 2.15. The highest BCUT2D eigenvalue weighted by atomic mass is 19.4. The number of anilines is 1. The second-order valence-corrected chi connectivity index (χ2v) is 2.81. The Labute approximate surface area is 87.0 Å². The average Bonchev–Trinajstić information content (AvgIpc) is 2.15. The van der Waals surface area contributed by atoms with E-state index in [1.807, 2.05) is 0 Å². The van der Waals surface area contributed by atoms with Gasteiger partial charge >= 0.3 is 6.18 Å². The molecule has 3 nitrogen and oxygen atoms in total. The maximum atomic E-state index is 12.5. The molecule has 0 saturated heterocycles. The molecule has 1 aromatic rings. The van der Waals surface area contributed by atoms with Gasteiger partial charge in [-0.3, -0.25) is 0 Å². The fraction of sp³-hybridized carbons (Fsp3) is 0.375. The summed E-state index contributed by atoms with van der Waals surface area (Å²) in [5.41, 5.74) is 1.38. The Balaban J connectivity index is 3.56. The van der Waals surface area contributed by atoms with E-state index in [1.165, 1.54) is 0 Å². The number of pyridine rings is 1. The molecule has 0 aliphatic carbocycles. The van der Waals surface area contributed by atoms with Crippen LogP contribution in [0.5, 0.6) is 5.88 Å². The first kappa shape index (κ1) is 12.5. The summed E-state index contributed by atoms with van der Waals surface area (Å²) < 4.78 is 66.8. The van der Waals surface area contributed by atoms with Crippen molar-refractivity contribution in [2.75, 3.05) is 12.8 Å². The van der Waals surface area contributed by atoms with Crippen LogP contribution in [0.2, 0.25) is 0 Å². The van der Waals surface area contributed by atoms with E-state index in [2.05, 4.69) is 9.72 Å². The summed E-state index contributed by atoms with van der Waals surface area (Å²) in [4.78, 5) is 3.21. The Bertz CT molecular complexity index is 391. The molecule has 90 valence electrons. The molecule has 0 saturated carbocycles. The van der Waals surface area contributed by atoms with Gasteiger partial charge in [-0.2, -0.15) is 13.2 Å². The number of rotatable bonds is 2. The molecule has 0 unspecified atom stereocenters. The number of nitrogens with zero attached hydrogens (tertiary/aromatic N) is 1. The Morgan fingerprint density at radius 1 is 1.38 bits per heavy atom. The number of aromatic nitrogens is 1. The summed E-state index contributed by atoms with van der Waals surface area (Å²) >= 11 is 0. The topological polar surface area (TPSA) is 48.1 Å². The van der Waals surface area contributed by atoms with Gasteiger partial charge in [-0.15, -0.1) is 0 Å². The van der Waals surface area contributed by atoms with Crippen LogP contribution in [0.4, 0.5) is 27.6 Å². The largest absolute Gasteiger partial charge is 0.481 e. The monoisotopic (exact) mass is 242 g/mol. The van der Waals surface area contributed by atoms with Crippen LogP contribution in [-0.4, -0.2) is 12.1 Å². The summed E-state index contributed by atoms with van der Waals surface area (Å²) in [5.74, 6) is -0.919. The van der Waals surface area contributed by atoms with Crippen molar-refractivity contribution < 1.29 is 26.7 Å². The molecule has 0 bridgehead atoms. The zero-order chi connectivity index (χ0) is 12.5. The van der Waals surface area contributed by atoms with Gasteiger partial charge in [-0.25, -0.2) is 13.8 Å². The molecule has 0 atom stereocenters. The highest BCUT2D eigenvalue weighted by Gasteiger charge is 2.41. The summed E-state index contributed by atoms with van der Waals surface area (Å²) in [6, 6.07) is 0. The minimum absolute atomic E-state index is 0.704. The molecule has 2 N–H and O–H groups in total. The Morgan fingerprint density at radius 3 is 2.31 bits per heavy atom. The van der Waals surface area contributed by atoms with Crippen LogP contribution in [0.1, 0.15) is 17.6 Å². The zero-order valence-electron chi connectivity index (χ0n) is 7.98. The average molecular weight is 242 g/mol. The van der Waals surface area contributed by atoms with Gasteiger partial charge in [-0.05, 0) is 0 Å². The SMILES string of the molecule is COc1ncc(N)c(C(F)F)c1C(F)(F)F. The molecule has 0 aromatic carbocycles. The molecule has 0 aliphatic rings. The van der Waals surface area contributed by atoms with Gasteiger partial charge in [0.15, 0.2) is 0 Å². The number of hydrogen-bond acceptors (Lipinski definition) is 3. The van der Waals surface area contributed by atoms with Crippen molar-refractivity contribution in [1.82, 2.24) is 4.98 Å². The molecule has 0 fully saturated rings. The Morgan fingerprint density at radius 2 is 1.94 bits per heavy atom. The summed E-state index contributed by atoms with van der Waals surface area (Å²) in [5, 5.41) is 0. The van der Waals surface area contributed by atoms with Crippen LogP contribution < -0.4 is 10.5 Å². The highest BCUT2D eigenvalue weighted by Crippen LogP contribution is 2.43. The third-order valence-corrected chi connectivity index (χ3v) is 1.81. The van der Waals surface area contributed by atoms with E-state index in [0.29, 0.717) is 6.20 Å². The predicted molar refractivity (Wildman–Crippen MR) is 45.2 cm³/mol. The minimum atomic E-state index is -5.00. The van der Waals surface area contributed by atoms with Crippen molar-refractivity contribution >= 4 is 5.69 Å². The Kier molecular flexibility index (Phi) is 3.20. The third-order valence-electron chi connectivity index (χ3n) is 1.81. The smallest absolute Gasteiger partial charge is 0.422 e. The zero-order valence-corrected chi connectivity index (χ0v) is 7.98. The molecule has 1 heterocycles. The molecule has 0 radical (unpaired) electrons. The van der Waals surface area contributed by atoms with Crippen molar-refractivity contribution in [3.05, 3.63) is 17.3 Å². The van der Waals surface area contributed by atoms with Crippen molar-refractivity contribution in [2.24, 2.45) is 0 Å². The Hall–Kier alpha value is -1.60. The number of nitrogen functional groups attached to an aromatic ring is 1. The molecule has 0 aliphatic heterocycles. The normalized spacial score (nSPS) is 11.9. The first-order valence-electron chi connectivity index (χ1n) is 3.96. The number of hydrogen-bond donors (Lipinski definition) is 1. The van der Waals surface area contributed by atoms with E-state index in [4.69, 9.17) is 5.73 Å². The number of nitrogens with two attached hydrogens (primary N) is 1. The highest BCUT2D eigenvalue weighted by molar-refractivity contribution is 5.54. The molecular formula is C8H7F5N2O. The first-order chi connectivity index (χ1) is 7.29. The van der Waals surface area contributed by atoms with Crippen LogP contribution in [0.25, 0.3) is 0 Å². The van der Waals surface area contributed by atoms with E-state index in [1.54, 1.807) is 0 Å². The fourth-order valence-electron chi connectivity index (χ4n) is 1.19. The lowest BCUT2D eigenvalue weighted by Gasteiger charge is -2.16. The number of alkyl halides is 5.